The highest BCUT2D eigenvalue weighted by molar-refractivity contribution is 7.08. The second kappa shape index (κ2) is 9.18. The Bertz CT molecular complexity index is 1360. The van der Waals surface area contributed by atoms with Crippen LogP contribution in [0.4, 0.5) is 0 Å². The number of fused-ring (bicyclic) bond motifs is 1. The van der Waals surface area contributed by atoms with E-state index in [0.29, 0.717) is 28.0 Å². The molecule has 2 heterocycles. The van der Waals surface area contributed by atoms with Crippen molar-refractivity contribution in [2.45, 2.75) is 20.4 Å². The number of hydrogen-bond donors (Lipinski definition) is 0. The molecule has 2 aromatic carbocycles. The highest BCUT2D eigenvalue weighted by atomic mass is 35.5. The molecule has 0 unspecified atom stereocenters. The quantitative estimate of drug-likeness (QED) is 0.330. The van der Waals surface area contributed by atoms with Gasteiger partial charge in [0.25, 0.3) is 5.56 Å². The summed E-state index contributed by atoms with van der Waals surface area (Å²) in [7, 11) is 1.32. The van der Waals surface area contributed by atoms with E-state index in [1.807, 2.05) is 48.9 Å². The summed E-state index contributed by atoms with van der Waals surface area (Å²) >= 11 is 7.77. The topological polar surface area (TPSA) is 57.5 Å². The number of rotatable bonds is 6. The standard InChI is InChI=1S/C25H22ClNO4S/c1-4-31-21-8-5-16(11-15(21)2)13-27-23(25(29)30-3)22(17-9-10-32-14-17)20-12-18(26)6-7-19(20)24(27)28/h5-12,14H,4,13H2,1-3H3. The van der Waals surface area contributed by atoms with Gasteiger partial charge in [0.2, 0.25) is 0 Å². The molecule has 2 aromatic heterocycles. The molecule has 0 radical (unpaired) electrons. The number of aryl methyl sites for hydroxylation is 1. The van der Waals surface area contributed by atoms with E-state index in [9.17, 15) is 9.59 Å². The lowest BCUT2D eigenvalue weighted by Gasteiger charge is -2.19. The van der Waals surface area contributed by atoms with Gasteiger partial charge < -0.3 is 9.47 Å². The molecule has 0 spiro atoms. The second-order valence-electron chi connectivity index (χ2n) is 7.34. The Morgan fingerprint density at radius 3 is 2.59 bits per heavy atom. The van der Waals surface area contributed by atoms with E-state index < -0.39 is 5.97 Å². The zero-order chi connectivity index (χ0) is 22.8. The summed E-state index contributed by atoms with van der Waals surface area (Å²) in [4.78, 5) is 26.5. The normalized spacial score (nSPS) is 11.0. The summed E-state index contributed by atoms with van der Waals surface area (Å²) in [5, 5.41) is 5.48. The number of ether oxygens (including phenoxy) is 2. The van der Waals surface area contributed by atoms with Gasteiger partial charge in [0.1, 0.15) is 11.4 Å². The third kappa shape index (κ3) is 4.04. The van der Waals surface area contributed by atoms with Crippen molar-refractivity contribution in [3.05, 3.63) is 85.4 Å². The molecule has 0 fully saturated rings. The average molecular weight is 468 g/mol. The zero-order valence-corrected chi connectivity index (χ0v) is 19.5. The second-order valence-corrected chi connectivity index (χ2v) is 8.56. The van der Waals surface area contributed by atoms with Gasteiger partial charge in [-0.2, -0.15) is 11.3 Å². The van der Waals surface area contributed by atoms with Gasteiger partial charge >= 0.3 is 5.97 Å². The summed E-state index contributed by atoms with van der Waals surface area (Å²) < 4.78 is 12.2. The van der Waals surface area contributed by atoms with Crippen molar-refractivity contribution in [1.82, 2.24) is 4.57 Å². The van der Waals surface area contributed by atoms with Crippen LogP contribution in [-0.4, -0.2) is 24.3 Å². The molecule has 0 saturated heterocycles. The zero-order valence-electron chi connectivity index (χ0n) is 18.0. The third-order valence-electron chi connectivity index (χ3n) is 5.30. The fraction of sp³-hybridized carbons (Fsp3) is 0.200. The number of esters is 1. The first kappa shape index (κ1) is 22.1. The Kier molecular flexibility index (Phi) is 6.35. The molecule has 0 bridgehead atoms. The highest BCUT2D eigenvalue weighted by Crippen LogP contribution is 2.34. The van der Waals surface area contributed by atoms with Crippen LogP contribution >= 0.6 is 22.9 Å². The summed E-state index contributed by atoms with van der Waals surface area (Å²) in [5.74, 6) is 0.219. The van der Waals surface area contributed by atoms with Gasteiger partial charge in [0.05, 0.1) is 20.3 Å². The van der Waals surface area contributed by atoms with E-state index in [1.165, 1.54) is 23.0 Å². The minimum Gasteiger partial charge on any atom is -0.494 e. The van der Waals surface area contributed by atoms with Crippen molar-refractivity contribution in [3.8, 4) is 16.9 Å². The molecule has 0 N–H and O–H groups in total. The monoisotopic (exact) mass is 467 g/mol. The molecule has 0 atom stereocenters. The number of nitrogens with zero attached hydrogens (tertiary/aromatic N) is 1. The first-order valence-electron chi connectivity index (χ1n) is 10.1. The number of pyridine rings is 1. The largest absolute Gasteiger partial charge is 0.494 e. The van der Waals surface area contributed by atoms with Crippen molar-refractivity contribution in [3.63, 3.8) is 0 Å². The number of hydrogen-bond acceptors (Lipinski definition) is 5. The Morgan fingerprint density at radius 2 is 1.94 bits per heavy atom. The van der Waals surface area contributed by atoms with Gasteiger partial charge in [-0.3, -0.25) is 9.36 Å². The number of halogens is 1. The maximum Gasteiger partial charge on any atom is 0.355 e. The molecule has 7 heteroatoms. The Balaban J connectivity index is 2.01. The summed E-state index contributed by atoms with van der Waals surface area (Å²) in [6.07, 6.45) is 0. The molecule has 164 valence electrons. The molecule has 4 rings (SSSR count). The van der Waals surface area contributed by atoms with Crippen molar-refractivity contribution < 1.29 is 14.3 Å². The number of aromatic nitrogens is 1. The van der Waals surface area contributed by atoms with Crippen molar-refractivity contribution in [1.29, 1.82) is 0 Å². The van der Waals surface area contributed by atoms with Gasteiger partial charge in [-0.1, -0.05) is 23.7 Å². The van der Waals surface area contributed by atoms with Crippen molar-refractivity contribution in [2.24, 2.45) is 0 Å². The van der Waals surface area contributed by atoms with Crippen LogP contribution in [-0.2, 0) is 11.3 Å². The Hall–Kier alpha value is -3.09. The maximum atomic E-state index is 13.6. The summed E-state index contributed by atoms with van der Waals surface area (Å²) in [5.41, 5.74) is 3.24. The SMILES string of the molecule is CCOc1ccc(Cn2c(C(=O)OC)c(-c3ccsc3)c3cc(Cl)ccc3c2=O)cc1C. The third-order valence-corrected chi connectivity index (χ3v) is 6.22. The first-order valence-corrected chi connectivity index (χ1v) is 11.5. The molecule has 0 aliphatic heterocycles. The number of benzene rings is 2. The van der Waals surface area contributed by atoms with Crippen LogP contribution in [0.3, 0.4) is 0 Å². The molecule has 0 saturated carbocycles. The van der Waals surface area contributed by atoms with Crippen LogP contribution in [0.25, 0.3) is 21.9 Å². The first-order chi connectivity index (χ1) is 15.4. The molecular formula is C25H22ClNO4S. The van der Waals surface area contributed by atoms with E-state index in [2.05, 4.69) is 0 Å². The predicted molar refractivity (Wildman–Crippen MR) is 129 cm³/mol. The van der Waals surface area contributed by atoms with Crippen molar-refractivity contribution in [2.75, 3.05) is 13.7 Å². The van der Waals surface area contributed by atoms with Crippen LogP contribution < -0.4 is 10.3 Å². The van der Waals surface area contributed by atoms with Crippen LogP contribution in [0.5, 0.6) is 5.75 Å². The molecule has 0 amide bonds. The lowest BCUT2D eigenvalue weighted by Crippen LogP contribution is -2.28. The van der Waals surface area contributed by atoms with E-state index in [-0.39, 0.29) is 17.8 Å². The number of methoxy groups -OCH3 is 1. The van der Waals surface area contributed by atoms with E-state index in [0.717, 1.165) is 22.4 Å². The van der Waals surface area contributed by atoms with Crippen LogP contribution in [0, 0.1) is 6.92 Å². The van der Waals surface area contributed by atoms with Gasteiger partial charge in [-0.15, -0.1) is 0 Å². The number of carbonyl (C=O) groups is 1. The van der Waals surface area contributed by atoms with Crippen LogP contribution in [0.1, 0.15) is 28.5 Å². The molecule has 32 heavy (non-hydrogen) atoms. The fourth-order valence-corrected chi connectivity index (χ4v) is 4.71. The van der Waals surface area contributed by atoms with Gasteiger partial charge in [-0.25, -0.2) is 4.79 Å². The van der Waals surface area contributed by atoms with E-state index in [4.69, 9.17) is 21.1 Å². The molecule has 0 aliphatic rings. The van der Waals surface area contributed by atoms with Crippen LogP contribution in [0.2, 0.25) is 5.02 Å². The lowest BCUT2D eigenvalue weighted by molar-refractivity contribution is 0.0588. The predicted octanol–water partition coefficient (Wildman–Crippen LogP) is 5.93. The molecule has 0 aliphatic carbocycles. The summed E-state index contributed by atoms with van der Waals surface area (Å²) in [6, 6.07) is 12.8. The van der Waals surface area contributed by atoms with Crippen molar-refractivity contribution >= 4 is 39.7 Å². The minimum absolute atomic E-state index is 0.206. The lowest BCUT2D eigenvalue weighted by atomic mass is 9.98. The Morgan fingerprint density at radius 1 is 1.12 bits per heavy atom. The molecule has 5 nitrogen and oxygen atoms in total. The van der Waals surface area contributed by atoms with Crippen LogP contribution in [0.15, 0.2) is 58.0 Å². The highest BCUT2D eigenvalue weighted by Gasteiger charge is 2.24. The summed E-state index contributed by atoms with van der Waals surface area (Å²) in [6.45, 7) is 4.68. The smallest absolute Gasteiger partial charge is 0.355 e. The van der Waals surface area contributed by atoms with E-state index >= 15 is 0 Å². The Labute approximate surface area is 194 Å². The van der Waals surface area contributed by atoms with E-state index in [1.54, 1.807) is 18.2 Å². The van der Waals surface area contributed by atoms with Gasteiger partial charge in [0, 0.05) is 16.0 Å². The number of carbonyl (C=O) groups excluding carboxylic acids is 1. The molecule has 4 aromatic rings. The molecular weight excluding hydrogens is 446 g/mol. The number of thiophene rings is 1. The fourth-order valence-electron chi connectivity index (χ4n) is 3.89. The maximum absolute atomic E-state index is 13.6. The average Bonchev–Trinajstić information content (AvgIpc) is 3.31. The van der Waals surface area contributed by atoms with Gasteiger partial charge in [0.15, 0.2) is 0 Å². The minimum atomic E-state index is -0.576. The van der Waals surface area contributed by atoms with Gasteiger partial charge in [-0.05, 0) is 77.0 Å².